The maximum Gasteiger partial charge on any atom is 0.262 e. The van der Waals surface area contributed by atoms with Crippen molar-refractivity contribution >= 4 is 27.3 Å². The van der Waals surface area contributed by atoms with Crippen LogP contribution in [0.3, 0.4) is 0 Å². The van der Waals surface area contributed by atoms with Gasteiger partial charge in [0.25, 0.3) is 5.91 Å². The van der Waals surface area contributed by atoms with Gasteiger partial charge in [0.2, 0.25) is 5.91 Å². The zero-order valence-electron chi connectivity index (χ0n) is 17.3. The Hall–Kier alpha value is -3.27. The first-order chi connectivity index (χ1) is 14.8. The first-order valence-corrected chi connectivity index (χ1v) is 11.3. The van der Waals surface area contributed by atoms with Gasteiger partial charge in [-0.2, -0.15) is 0 Å². The molecule has 2 aromatic rings. The van der Waals surface area contributed by atoms with Crippen molar-refractivity contribution in [2.24, 2.45) is 0 Å². The molecule has 0 aliphatic carbocycles. The largest absolute Gasteiger partial charge is 0.493 e. The first kappa shape index (κ1) is 22.4. The van der Waals surface area contributed by atoms with Crippen LogP contribution in [0.4, 0.5) is 5.69 Å². The van der Waals surface area contributed by atoms with Crippen LogP contribution in [0.15, 0.2) is 41.3 Å². The van der Waals surface area contributed by atoms with Gasteiger partial charge in [0, 0.05) is 19.0 Å². The lowest BCUT2D eigenvalue weighted by molar-refractivity contribution is -0.121. The Bertz CT molecular complexity index is 1080. The fraction of sp³-hybridized carbons (Fsp3) is 0.333. The number of carbonyl (C=O) groups excluding carboxylic acids is 2. The van der Waals surface area contributed by atoms with Crippen LogP contribution in [0.2, 0.25) is 0 Å². The molecule has 10 heteroatoms. The monoisotopic (exact) mass is 448 g/mol. The van der Waals surface area contributed by atoms with E-state index < -0.39 is 15.7 Å². The third-order valence-electron chi connectivity index (χ3n) is 4.56. The summed E-state index contributed by atoms with van der Waals surface area (Å²) in [4.78, 5) is 23.5. The predicted octanol–water partition coefficient (Wildman–Crippen LogP) is 1.90. The van der Waals surface area contributed by atoms with Crippen molar-refractivity contribution < 1.29 is 32.2 Å². The Labute approximate surface area is 180 Å². The quantitative estimate of drug-likeness (QED) is 0.601. The molecule has 2 N–H and O–H groups in total. The molecule has 166 valence electrons. The van der Waals surface area contributed by atoms with E-state index in [-0.39, 0.29) is 41.9 Å². The SMILES string of the molecule is CCOc1ccc(CNC(=O)CCS(=O)(=O)c2ccc3c(c2)OCC(=O)N3)cc1OC. The van der Waals surface area contributed by atoms with Crippen LogP contribution < -0.4 is 24.8 Å². The standard InChI is InChI=1S/C21H24N2O7S/c1-3-29-17-7-4-14(10-19(17)28-2)12-22-20(24)8-9-31(26,27)15-5-6-16-18(11-15)30-13-21(25)23-16/h4-7,10-11H,3,8-9,12-13H2,1-2H3,(H,22,24)(H,23,25). The van der Waals surface area contributed by atoms with Crippen LogP contribution in [-0.4, -0.2) is 46.3 Å². The number of sulfone groups is 1. The zero-order chi connectivity index (χ0) is 22.4. The van der Waals surface area contributed by atoms with E-state index in [9.17, 15) is 18.0 Å². The van der Waals surface area contributed by atoms with Gasteiger partial charge in [-0.15, -0.1) is 0 Å². The van der Waals surface area contributed by atoms with Crippen molar-refractivity contribution in [1.29, 1.82) is 0 Å². The zero-order valence-corrected chi connectivity index (χ0v) is 18.1. The summed E-state index contributed by atoms with van der Waals surface area (Å²) in [7, 11) is -2.17. The van der Waals surface area contributed by atoms with E-state index in [4.69, 9.17) is 14.2 Å². The molecule has 0 atom stereocenters. The number of hydrogen-bond acceptors (Lipinski definition) is 7. The van der Waals surface area contributed by atoms with Crippen molar-refractivity contribution in [1.82, 2.24) is 5.32 Å². The predicted molar refractivity (Wildman–Crippen MR) is 113 cm³/mol. The molecular formula is C21H24N2O7S. The summed E-state index contributed by atoms with van der Waals surface area (Å²) in [6.45, 7) is 2.44. The van der Waals surface area contributed by atoms with E-state index in [1.807, 2.05) is 6.92 Å². The number of ether oxygens (including phenoxy) is 3. The van der Waals surface area contributed by atoms with Crippen molar-refractivity contribution in [2.45, 2.75) is 24.8 Å². The molecule has 0 fully saturated rings. The maximum absolute atomic E-state index is 12.6. The van der Waals surface area contributed by atoms with Crippen molar-refractivity contribution in [3.05, 3.63) is 42.0 Å². The van der Waals surface area contributed by atoms with Gasteiger partial charge in [0.15, 0.2) is 27.9 Å². The minimum absolute atomic E-state index is 0.0337. The maximum atomic E-state index is 12.6. The molecule has 0 radical (unpaired) electrons. The first-order valence-electron chi connectivity index (χ1n) is 9.68. The van der Waals surface area contributed by atoms with Crippen molar-refractivity contribution in [3.8, 4) is 17.2 Å². The Morgan fingerprint density at radius 2 is 2.00 bits per heavy atom. The third-order valence-corrected chi connectivity index (χ3v) is 6.27. The molecule has 2 aromatic carbocycles. The van der Waals surface area contributed by atoms with E-state index in [1.54, 1.807) is 18.2 Å². The molecule has 1 aliphatic rings. The Morgan fingerprint density at radius 3 is 2.74 bits per heavy atom. The number of hydrogen-bond donors (Lipinski definition) is 2. The highest BCUT2D eigenvalue weighted by Gasteiger charge is 2.22. The highest BCUT2D eigenvalue weighted by atomic mass is 32.2. The number of amides is 2. The van der Waals surface area contributed by atoms with Crippen molar-refractivity contribution in [2.75, 3.05) is 31.4 Å². The van der Waals surface area contributed by atoms with Crippen LogP contribution in [-0.2, 0) is 26.0 Å². The Balaban J connectivity index is 1.56. The topological polar surface area (TPSA) is 120 Å². The summed E-state index contributed by atoms with van der Waals surface area (Å²) in [5.41, 5.74) is 1.21. The number of nitrogens with one attached hydrogen (secondary N) is 2. The van der Waals surface area contributed by atoms with Crippen LogP contribution in [0, 0.1) is 0 Å². The van der Waals surface area contributed by atoms with E-state index in [0.29, 0.717) is 23.8 Å². The number of benzene rings is 2. The van der Waals surface area contributed by atoms with Gasteiger partial charge in [0.1, 0.15) is 5.75 Å². The number of carbonyl (C=O) groups is 2. The molecule has 3 rings (SSSR count). The molecule has 0 saturated carbocycles. The molecule has 31 heavy (non-hydrogen) atoms. The molecule has 1 heterocycles. The molecular weight excluding hydrogens is 424 g/mol. The van der Waals surface area contributed by atoms with Gasteiger partial charge < -0.3 is 24.8 Å². The molecule has 2 amide bonds. The van der Waals surface area contributed by atoms with E-state index in [0.717, 1.165) is 5.56 Å². The summed E-state index contributed by atoms with van der Waals surface area (Å²) in [6, 6.07) is 9.53. The molecule has 0 spiro atoms. The highest BCUT2D eigenvalue weighted by molar-refractivity contribution is 7.91. The van der Waals surface area contributed by atoms with Gasteiger partial charge in [-0.3, -0.25) is 9.59 Å². The van der Waals surface area contributed by atoms with E-state index >= 15 is 0 Å². The van der Waals surface area contributed by atoms with Gasteiger partial charge in [-0.1, -0.05) is 6.07 Å². The lowest BCUT2D eigenvalue weighted by atomic mass is 10.2. The average molecular weight is 448 g/mol. The average Bonchev–Trinajstić information content (AvgIpc) is 2.76. The normalized spacial score (nSPS) is 12.9. The molecule has 1 aliphatic heterocycles. The van der Waals surface area contributed by atoms with Crippen LogP contribution in [0.5, 0.6) is 17.2 Å². The van der Waals surface area contributed by atoms with Gasteiger partial charge in [-0.05, 0) is 36.8 Å². The second-order valence-corrected chi connectivity index (χ2v) is 8.87. The van der Waals surface area contributed by atoms with Gasteiger partial charge in [0.05, 0.1) is 30.1 Å². The number of anilines is 1. The summed E-state index contributed by atoms with van der Waals surface area (Å²) in [5, 5.41) is 5.31. The van der Waals surface area contributed by atoms with Crippen LogP contribution in [0.25, 0.3) is 0 Å². The molecule has 0 aromatic heterocycles. The smallest absolute Gasteiger partial charge is 0.262 e. The number of fused-ring (bicyclic) bond motifs is 1. The minimum atomic E-state index is -3.70. The summed E-state index contributed by atoms with van der Waals surface area (Å²) < 4.78 is 41.2. The summed E-state index contributed by atoms with van der Waals surface area (Å²) in [6.07, 6.45) is -0.189. The lowest BCUT2D eigenvalue weighted by Gasteiger charge is -2.18. The second-order valence-electron chi connectivity index (χ2n) is 6.76. The minimum Gasteiger partial charge on any atom is -0.493 e. The van der Waals surface area contributed by atoms with E-state index in [2.05, 4.69) is 10.6 Å². The molecule has 0 bridgehead atoms. The molecule has 0 unspecified atom stereocenters. The molecule has 0 saturated heterocycles. The molecule has 9 nitrogen and oxygen atoms in total. The number of methoxy groups -OCH3 is 1. The third kappa shape index (κ3) is 5.66. The van der Waals surface area contributed by atoms with Crippen LogP contribution >= 0.6 is 0 Å². The second kappa shape index (κ2) is 9.69. The number of rotatable bonds is 9. The lowest BCUT2D eigenvalue weighted by Crippen LogP contribution is -2.26. The van der Waals surface area contributed by atoms with E-state index in [1.165, 1.54) is 25.3 Å². The Morgan fingerprint density at radius 1 is 1.19 bits per heavy atom. The fourth-order valence-corrected chi connectivity index (χ4v) is 4.23. The fourth-order valence-electron chi connectivity index (χ4n) is 2.98. The van der Waals surface area contributed by atoms with Gasteiger partial charge >= 0.3 is 0 Å². The highest BCUT2D eigenvalue weighted by Crippen LogP contribution is 2.31. The van der Waals surface area contributed by atoms with Crippen LogP contribution in [0.1, 0.15) is 18.9 Å². The summed E-state index contributed by atoms with van der Waals surface area (Å²) in [5.74, 6) is 0.412. The Kier molecular flexibility index (Phi) is 7.01. The van der Waals surface area contributed by atoms with Gasteiger partial charge in [-0.25, -0.2) is 8.42 Å². The van der Waals surface area contributed by atoms with Crippen molar-refractivity contribution in [3.63, 3.8) is 0 Å². The summed E-state index contributed by atoms with van der Waals surface area (Å²) >= 11 is 0.